The van der Waals surface area contributed by atoms with Crippen molar-refractivity contribution in [2.75, 3.05) is 5.73 Å². The van der Waals surface area contributed by atoms with Gasteiger partial charge in [-0.2, -0.15) is 5.26 Å². The van der Waals surface area contributed by atoms with E-state index in [4.69, 9.17) is 11.0 Å². The van der Waals surface area contributed by atoms with E-state index in [0.29, 0.717) is 11.3 Å². The van der Waals surface area contributed by atoms with E-state index in [2.05, 4.69) is 0 Å². The van der Waals surface area contributed by atoms with Crippen LogP contribution in [0.1, 0.15) is 19.4 Å². The van der Waals surface area contributed by atoms with Crippen LogP contribution in [0, 0.1) is 17.1 Å². The first kappa shape index (κ1) is 9.53. The van der Waals surface area contributed by atoms with E-state index in [9.17, 15) is 4.39 Å². The predicted molar refractivity (Wildman–Crippen MR) is 49.5 cm³/mol. The first-order valence-electron chi connectivity index (χ1n) is 3.94. The summed E-state index contributed by atoms with van der Waals surface area (Å²) >= 11 is 0. The van der Waals surface area contributed by atoms with Crippen molar-refractivity contribution in [2.45, 2.75) is 19.3 Å². The van der Waals surface area contributed by atoms with Crippen LogP contribution in [-0.2, 0) is 5.41 Å². The van der Waals surface area contributed by atoms with Crippen molar-refractivity contribution in [1.29, 1.82) is 5.26 Å². The van der Waals surface area contributed by atoms with Crippen LogP contribution >= 0.6 is 0 Å². The Balaban J connectivity index is 3.26. The molecule has 0 aliphatic heterocycles. The highest BCUT2D eigenvalue weighted by Gasteiger charge is 2.23. The molecule has 1 aromatic rings. The van der Waals surface area contributed by atoms with Gasteiger partial charge in [-0.1, -0.05) is 6.07 Å². The summed E-state index contributed by atoms with van der Waals surface area (Å²) in [5.74, 6) is -0.424. The molecule has 0 atom stereocenters. The molecule has 0 aliphatic rings. The van der Waals surface area contributed by atoms with Crippen LogP contribution in [0.5, 0.6) is 0 Å². The van der Waals surface area contributed by atoms with Crippen molar-refractivity contribution in [3.05, 3.63) is 29.6 Å². The number of nitrogen functional groups attached to an aromatic ring is 1. The summed E-state index contributed by atoms with van der Waals surface area (Å²) in [6.07, 6.45) is 0. The fourth-order valence-corrected chi connectivity index (χ4v) is 1.10. The van der Waals surface area contributed by atoms with Gasteiger partial charge in [0.25, 0.3) is 0 Å². The Labute approximate surface area is 76.8 Å². The Kier molecular flexibility index (Phi) is 2.24. The Morgan fingerprint density at radius 1 is 1.46 bits per heavy atom. The van der Waals surface area contributed by atoms with Gasteiger partial charge < -0.3 is 5.73 Å². The zero-order chi connectivity index (χ0) is 10.1. The van der Waals surface area contributed by atoms with Gasteiger partial charge in [-0.05, 0) is 26.0 Å². The minimum absolute atomic E-state index is 0.370. The quantitative estimate of drug-likeness (QED) is 0.670. The number of nitrogens with zero attached hydrogens (tertiary/aromatic N) is 1. The SMILES string of the molecule is CC(C)(C#N)c1ccc(N)cc1F. The maximum absolute atomic E-state index is 13.3. The first-order chi connectivity index (χ1) is 5.97. The smallest absolute Gasteiger partial charge is 0.130 e. The van der Waals surface area contributed by atoms with Crippen LogP contribution in [0.4, 0.5) is 10.1 Å². The summed E-state index contributed by atoms with van der Waals surface area (Å²) < 4.78 is 13.3. The molecule has 0 aliphatic carbocycles. The van der Waals surface area contributed by atoms with Gasteiger partial charge in [-0.25, -0.2) is 4.39 Å². The van der Waals surface area contributed by atoms with Crippen LogP contribution in [0.25, 0.3) is 0 Å². The van der Waals surface area contributed by atoms with Crippen molar-refractivity contribution >= 4 is 5.69 Å². The normalized spacial score (nSPS) is 10.9. The van der Waals surface area contributed by atoms with Gasteiger partial charge >= 0.3 is 0 Å². The number of rotatable bonds is 1. The molecule has 2 nitrogen and oxygen atoms in total. The van der Waals surface area contributed by atoms with E-state index in [1.165, 1.54) is 6.07 Å². The lowest BCUT2D eigenvalue weighted by Gasteiger charge is -2.16. The standard InChI is InChI=1S/C10H11FN2/c1-10(2,6-12)8-4-3-7(13)5-9(8)11/h3-5H,13H2,1-2H3. The predicted octanol–water partition coefficient (Wildman–Crippen LogP) is 2.21. The molecule has 0 heterocycles. The molecule has 0 amide bonds. The minimum atomic E-state index is -0.808. The summed E-state index contributed by atoms with van der Waals surface area (Å²) in [6, 6.07) is 6.41. The van der Waals surface area contributed by atoms with Crippen molar-refractivity contribution in [1.82, 2.24) is 0 Å². The molecular weight excluding hydrogens is 167 g/mol. The lowest BCUT2D eigenvalue weighted by molar-refractivity contribution is 0.565. The second kappa shape index (κ2) is 3.06. The molecule has 1 rings (SSSR count). The van der Waals surface area contributed by atoms with E-state index < -0.39 is 11.2 Å². The zero-order valence-corrected chi connectivity index (χ0v) is 7.63. The number of anilines is 1. The number of nitrogens with two attached hydrogens (primary N) is 1. The maximum Gasteiger partial charge on any atom is 0.130 e. The van der Waals surface area contributed by atoms with Gasteiger partial charge in [0, 0.05) is 11.3 Å². The highest BCUT2D eigenvalue weighted by atomic mass is 19.1. The third-order valence-corrected chi connectivity index (χ3v) is 1.95. The first-order valence-corrected chi connectivity index (χ1v) is 3.94. The third kappa shape index (κ3) is 1.78. The molecule has 0 saturated carbocycles. The minimum Gasteiger partial charge on any atom is -0.399 e. The lowest BCUT2D eigenvalue weighted by atomic mass is 9.86. The Bertz CT molecular complexity index is 364. The molecule has 0 aromatic heterocycles. The number of benzene rings is 1. The number of hydrogen-bond acceptors (Lipinski definition) is 2. The second-order valence-electron chi connectivity index (χ2n) is 3.48. The Hall–Kier alpha value is -1.56. The molecule has 0 spiro atoms. The fraction of sp³-hybridized carbons (Fsp3) is 0.300. The lowest BCUT2D eigenvalue weighted by Crippen LogP contribution is -2.16. The molecule has 1 aromatic carbocycles. The molecule has 3 heteroatoms. The van der Waals surface area contributed by atoms with Crippen molar-refractivity contribution < 1.29 is 4.39 Å². The van der Waals surface area contributed by atoms with Crippen LogP contribution in [0.3, 0.4) is 0 Å². The topological polar surface area (TPSA) is 49.8 Å². The zero-order valence-electron chi connectivity index (χ0n) is 7.63. The van der Waals surface area contributed by atoms with E-state index in [-0.39, 0.29) is 0 Å². The van der Waals surface area contributed by atoms with Gasteiger partial charge in [0.05, 0.1) is 11.5 Å². The van der Waals surface area contributed by atoms with Crippen molar-refractivity contribution in [3.8, 4) is 6.07 Å². The third-order valence-electron chi connectivity index (χ3n) is 1.95. The van der Waals surface area contributed by atoms with Gasteiger partial charge in [0.15, 0.2) is 0 Å². The van der Waals surface area contributed by atoms with Gasteiger partial charge in [-0.3, -0.25) is 0 Å². The summed E-state index contributed by atoms with van der Waals surface area (Å²) in [6.45, 7) is 3.34. The summed E-state index contributed by atoms with van der Waals surface area (Å²) in [5, 5.41) is 8.79. The summed E-state index contributed by atoms with van der Waals surface area (Å²) in [4.78, 5) is 0. The van der Waals surface area contributed by atoms with Crippen LogP contribution in [0.15, 0.2) is 18.2 Å². The average Bonchev–Trinajstić information content (AvgIpc) is 2.03. The van der Waals surface area contributed by atoms with E-state index in [1.807, 2.05) is 6.07 Å². The largest absolute Gasteiger partial charge is 0.399 e. The second-order valence-corrected chi connectivity index (χ2v) is 3.48. The Morgan fingerprint density at radius 3 is 2.54 bits per heavy atom. The maximum atomic E-state index is 13.3. The van der Waals surface area contributed by atoms with Crippen LogP contribution in [0.2, 0.25) is 0 Å². The van der Waals surface area contributed by atoms with Crippen LogP contribution < -0.4 is 5.73 Å². The molecule has 0 fully saturated rings. The number of hydrogen-bond donors (Lipinski definition) is 1. The fourth-order valence-electron chi connectivity index (χ4n) is 1.10. The number of nitriles is 1. The molecule has 68 valence electrons. The van der Waals surface area contributed by atoms with E-state index >= 15 is 0 Å². The number of halogens is 1. The van der Waals surface area contributed by atoms with E-state index in [1.54, 1.807) is 26.0 Å². The molecule has 0 unspecified atom stereocenters. The van der Waals surface area contributed by atoms with Gasteiger partial charge in [0.1, 0.15) is 5.82 Å². The Morgan fingerprint density at radius 2 is 2.08 bits per heavy atom. The molecule has 0 saturated heterocycles. The van der Waals surface area contributed by atoms with Crippen molar-refractivity contribution in [2.24, 2.45) is 0 Å². The molecule has 2 N–H and O–H groups in total. The summed E-state index contributed by atoms with van der Waals surface area (Å²) in [5.41, 5.74) is 5.33. The molecular formula is C10H11FN2. The van der Waals surface area contributed by atoms with Gasteiger partial charge in [0.2, 0.25) is 0 Å². The monoisotopic (exact) mass is 178 g/mol. The highest BCUT2D eigenvalue weighted by Crippen LogP contribution is 2.25. The average molecular weight is 178 g/mol. The molecule has 0 radical (unpaired) electrons. The molecule has 0 bridgehead atoms. The van der Waals surface area contributed by atoms with Gasteiger partial charge in [-0.15, -0.1) is 0 Å². The van der Waals surface area contributed by atoms with E-state index in [0.717, 1.165) is 0 Å². The van der Waals surface area contributed by atoms with Crippen molar-refractivity contribution in [3.63, 3.8) is 0 Å². The molecule has 13 heavy (non-hydrogen) atoms. The van der Waals surface area contributed by atoms with Crippen LogP contribution in [-0.4, -0.2) is 0 Å². The summed E-state index contributed by atoms with van der Waals surface area (Å²) in [7, 11) is 0. The highest BCUT2D eigenvalue weighted by molar-refractivity contribution is 5.43.